The molecule has 1 fully saturated rings. The Bertz CT molecular complexity index is 1080. The van der Waals surface area contributed by atoms with Crippen molar-refractivity contribution in [3.8, 4) is 11.5 Å². The van der Waals surface area contributed by atoms with Gasteiger partial charge in [0, 0.05) is 36.8 Å². The van der Waals surface area contributed by atoms with E-state index in [9.17, 15) is 4.79 Å². The quantitative estimate of drug-likeness (QED) is 0.546. The van der Waals surface area contributed by atoms with Gasteiger partial charge in [-0.25, -0.2) is 0 Å². The van der Waals surface area contributed by atoms with Crippen LogP contribution in [0.2, 0.25) is 0 Å². The van der Waals surface area contributed by atoms with Gasteiger partial charge >= 0.3 is 0 Å². The number of amides is 1. The van der Waals surface area contributed by atoms with Crippen LogP contribution in [0.5, 0.6) is 11.5 Å². The van der Waals surface area contributed by atoms with Crippen LogP contribution in [-0.4, -0.2) is 54.4 Å². The lowest BCUT2D eigenvalue weighted by atomic mass is 9.93. The fourth-order valence-corrected chi connectivity index (χ4v) is 4.44. The molecule has 0 spiro atoms. The Hall–Kier alpha value is -3.32. The molecule has 2 atom stereocenters. The van der Waals surface area contributed by atoms with Gasteiger partial charge in [-0.15, -0.1) is 0 Å². The summed E-state index contributed by atoms with van der Waals surface area (Å²) in [6.07, 6.45) is 0. The first-order chi connectivity index (χ1) is 16.0. The van der Waals surface area contributed by atoms with Gasteiger partial charge in [0.1, 0.15) is 17.2 Å². The minimum atomic E-state index is -0.170. The molecule has 0 unspecified atom stereocenters. The summed E-state index contributed by atoms with van der Waals surface area (Å²) in [5.41, 5.74) is 3.64. The average Bonchev–Trinajstić information content (AvgIpc) is 3.47. The summed E-state index contributed by atoms with van der Waals surface area (Å²) >= 11 is 0. The zero-order chi connectivity index (χ0) is 23.4. The van der Waals surface area contributed by atoms with E-state index in [0.29, 0.717) is 5.69 Å². The number of nitrogens with one attached hydrogen (secondary N) is 2. The van der Waals surface area contributed by atoms with Gasteiger partial charge in [0.15, 0.2) is 0 Å². The molecule has 1 amide bonds. The maximum absolute atomic E-state index is 13.1. The minimum absolute atomic E-state index is 0.0474. The molecular weight excluding hydrogens is 416 g/mol. The fourth-order valence-electron chi connectivity index (χ4n) is 4.44. The molecule has 33 heavy (non-hydrogen) atoms. The Morgan fingerprint density at radius 3 is 2.58 bits per heavy atom. The topological polar surface area (TPSA) is 79.5 Å². The summed E-state index contributed by atoms with van der Waals surface area (Å²) < 4.78 is 11.2. The van der Waals surface area contributed by atoms with E-state index in [2.05, 4.69) is 58.5 Å². The highest BCUT2D eigenvalue weighted by Crippen LogP contribution is 2.37. The Balaban J connectivity index is 1.60. The van der Waals surface area contributed by atoms with Crippen molar-refractivity contribution in [1.82, 2.24) is 20.4 Å². The Morgan fingerprint density at radius 1 is 1.12 bits per heavy atom. The van der Waals surface area contributed by atoms with Crippen molar-refractivity contribution in [3.05, 3.63) is 77.1 Å². The number of aromatic amines is 1. The lowest BCUT2D eigenvalue weighted by molar-refractivity contribution is 0.0929. The molecule has 4 rings (SSSR count). The van der Waals surface area contributed by atoms with E-state index >= 15 is 0 Å². The normalized spacial score (nSPS) is 18.5. The van der Waals surface area contributed by atoms with Crippen LogP contribution in [0.3, 0.4) is 0 Å². The van der Waals surface area contributed by atoms with Crippen LogP contribution >= 0.6 is 0 Å². The molecule has 2 N–H and O–H groups in total. The van der Waals surface area contributed by atoms with E-state index in [0.717, 1.165) is 42.4 Å². The Labute approximate surface area is 195 Å². The molecule has 0 aliphatic carbocycles. The predicted octanol–water partition coefficient (Wildman–Crippen LogP) is 3.95. The zero-order valence-corrected chi connectivity index (χ0v) is 19.7. The largest absolute Gasteiger partial charge is 0.497 e. The highest BCUT2D eigenvalue weighted by molar-refractivity contribution is 5.92. The number of H-pyrrole nitrogens is 1. The van der Waals surface area contributed by atoms with Gasteiger partial charge < -0.3 is 14.8 Å². The number of rotatable bonds is 8. The van der Waals surface area contributed by atoms with Crippen molar-refractivity contribution >= 4 is 5.91 Å². The van der Waals surface area contributed by atoms with Gasteiger partial charge in [-0.3, -0.25) is 14.8 Å². The van der Waals surface area contributed by atoms with E-state index in [1.165, 1.54) is 5.56 Å². The number of ether oxygens (including phenoxy) is 2. The zero-order valence-electron chi connectivity index (χ0n) is 19.7. The number of hydrogen-bond acceptors (Lipinski definition) is 5. The number of carbonyl (C=O) groups excluding carboxylic acids is 1. The molecule has 3 aromatic rings. The number of likely N-dealkylation sites (tertiary alicyclic amines) is 1. The third-order valence-electron chi connectivity index (χ3n) is 6.25. The van der Waals surface area contributed by atoms with E-state index in [-0.39, 0.29) is 23.8 Å². The Morgan fingerprint density at radius 2 is 1.91 bits per heavy atom. The van der Waals surface area contributed by atoms with Crippen LogP contribution < -0.4 is 14.8 Å². The lowest BCUT2D eigenvalue weighted by Crippen LogP contribution is -2.40. The smallest absolute Gasteiger partial charge is 0.272 e. The maximum atomic E-state index is 13.1. The van der Waals surface area contributed by atoms with Gasteiger partial charge in [0.05, 0.1) is 20.3 Å². The van der Waals surface area contributed by atoms with E-state index in [1.54, 1.807) is 14.2 Å². The van der Waals surface area contributed by atoms with Crippen molar-refractivity contribution in [2.24, 2.45) is 0 Å². The number of carbonyl (C=O) groups is 1. The second kappa shape index (κ2) is 10.1. The molecule has 1 aliphatic rings. The molecule has 2 heterocycles. The maximum Gasteiger partial charge on any atom is 0.272 e. The molecule has 0 saturated carbocycles. The third kappa shape index (κ3) is 5.20. The van der Waals surface area contributed by atoms with Crippen molar-refractivity contribution in [1.29, 1.82) is 0 Å². The fraction of sp³-hybridized carbons (Fsp3) is 0.385. The summed E-state index contributed by atoms with van der Waals surface area (Å²) in [4.78, 5) is 15.5. The van der Waals surface area contributed by atoms with Crippen LogP contribution in [0.1, 0.15) is 53.0 Å². The highest BCUT2D eigenvalue weighted by atomic mass is 16.5. The van der Waals surface area contributed by atoms with Gasteiger partial charge in [-0.1, -0.05) is 44.2 Å². The molecule has 7 heteroatoms. The van der Waals surface area contributed by atoms with Crippen LogP contribution in [0.25, 0.3) is 0 Å². The summed E-state index contributed by atoms with van der Waals surface area (Å²) in [6, 6.07) is 18.0. The molecule has 7 nitrogen and oxygen atoms in total. The van der Waals surface area contributed by atoms with Crippen molar-refractivity contribution in [2.45, 2.75) is 38.3 Å². The molecule has 1 aromatic heterocycles. The first-order valence-electron chi connectivity index (χ1n) is 11.3. The summed E-state index contributed by atoms with van der Waals surface area (Å²) in [5.74, 6) is 1.72. The van der Waals surface area contributed by atoms with Gasteiger partial charge in [-0.2, -0.15) is 5.10 Å². The van der Waals surface area contributed by atoms with Crippen LogP contribution in [0.15, 0.2) is 54.6 Å². The molecule has 1 saturated heterocycles. The molecular formula is C26H32N4O3. The van der Waals surface area contributed by atoms with Crippen LogP contribution in [0, 0.1) is 0 Å². The second-order valence-corrected chi connectivity index (χ2v) is 8.84. The minimum Gasteiger partial charge on any atom is -0.497 e. The van der Waals surface area contributed by atoms with Crippen molar-refractivity contribution in [2.75, 3.05) is 27.3 Å². The first-order valence-corrected chi connectivity index (χ1v) is 11.3. The van der Waals surface area contributed by atoms with Crippen molar-refractivity contribution in [3.63, 3.8) is 0 Å². The van der Waals surface area contributed by atoms with Gasteiger partial charge in [0.2, 0.25) is 0 Å². The van der Waals surface area contributed by atoms with E-state index in [4.69, 9.17) is 9.47 Å². The number of hydrogen-bond donors (Lipinski definition) is 2. The molecule has 174 valence electrons. The second-order valence-electron chi connectivity index (χ2n) is 8.84. The standard InChI is InChI=1S/C26H32N4O3/c1-17(2)22-13-23(29-28-22)26(31)27-24-16-30(14-18-8-6-5-7-9-18)15-21(24)20-12-19(32-3)10-11-25(20)33-4/h5-13,17,21,24H,14-16H2,1-4H3,(H,27,31)(H,28,29)/t21-,24+/m0/s1. The molecule has 0 radical (unpaired) electrons. The van der Waals surface area contributed by atoms with Crippen LogP contribution in [-0.2, 0) is 6.54 Å². The SMILES string of the molecule is COc1ccc(OC)c([C@@H]2CN(Cc3ccccc3)C[C@H]2NC(=O)c2cc(C(C)C)[nH]n2)c1. The summed E-state index contributed by atoms with van der Waals surface area (Å²) in [5, 5.41) is 10.4. The van der Waals surface area contributed by atoms with E-state index in [1.807, 2.05) is 30.3 Å². The third-order valence-corrected chi connectivity index (χ3v) is 6.25. The monoisotopic (exact) mass is 448 g/mol. The highest BCUT2D eigenvalue weighted by Gasteiger charge is 2.37. The number of benzene rings is 2. The number of aromatic nitrogens is 2. The molecule has 2 aromatic carbocycles. The molecule has 0 bridgehead atoms. The lowest BCUT2D eigenvalue weighted by Gasteiger charge is -2.22. The van der Waals surface area contributed by atoms with Crippen molar-refractivity contribution < 1.29 is 14.3 Å². The summed E-state index contributed by atoms with van der Waals surface area (Å²) in [7, 11) is 3.33. The first kappa shape index (κ1) is 22.9. The Kier molecular flexibility index (Phi) is 6.99. The predicted molar refractivity (Wildman–Crippen MR) is 128 cm³/mol. The summed E-state index contributed by atoms with van der Waals surface area (Å²) in [6.45, 7) is 6.47. The van der Waals surface area contributed by atoms with Gasteiger partial charge in [-0.05, 0) is 35.7 Å². The van der Waals surface area contributed by atoms with Gasteiger partial charge in [0.25, 0.3) is 5.91 Å². The van der Waals surface area contributed by atoms with E-state index < -0.39 is 0 Å². The number of methoxy groups -OCH3 is 2. The molecule has 1 aliphatic heterocycles. The number of nitrogens with zero attached hydrogens (tertiary/aromatic N) is 2. The van der Waals surface area contributed by atoms with Crippen LogP contribution in [0.4, 0.5) is 0 Å². The average molecular weight is 449 g/mol.